The van der Waals surface area contributed by atoms with E-state index in [9.17, 15) is 4.39 Å². The van der Waals surface area contributed by atoms with Gasteiger partial charge in [-0.05, 0) is 35.9 Å². The lowest BCUT2D eigenvalue weighted by atomic mass is 10.1. The smallest absolute Gasteiger partial charge is 0.123 e. The fourth-order valence-corrected chi connectivity index (χ4v) is 2.85. The summed E-state index contributed by atoms with van der Waals surface area (Å²) in [5.74, 6) is -0.281. The minimum absolute atomic E-state index is 0.281. The van der Waals surface area contributed by atoms with Gasteiger partial charge in [-0.3, -0.25) is 4.90 Å². The lowest BCUT2D eigenvalue weighted by Gasteiger charge is -2.36. The number of anilines is 1. The van der Waals surface area contributed by atoms with E-state index in [-0.39, 0.29) is 5.82 Å². The molecule has 1 fully saturated rings. The van der Waals surface area contributed by atoms with Crippen LogP contribution in [0.15, 0.2) is 48.5 Å². The largest absolute Gasteiger partial charge is 0.369 e. The van der Waals surface area contributed by atoms with Crippen LogP contribution in [-0.2, 0) is 6.54 Å². The molecule has 2 aromatic rings. The number of piperazine rings is 1. The second-order valence-corrected chi connectivity index (χ2v) is 5.51. The molecular formula is C18H18FN3. The van der Waals surface area contributed by atoms with Crippen molar-refractivity contribution in [3.05, 3.63) is 65.5 Å². The average Bonchev–Trinajstić information content (AvgIpc) is 2.57. The Morgan fingerprint density at radius 1 is 1.00 bits per heavy atom. The molecule has 0 atom stereocenters. The first-order valence-corrected chi connectivity index (χ1v) is 7.47. The second-order valence-electron chi connectivity index (χ2n) is 5.51. The van der Waals surface area contributed by atoms with Gasteiger partial charge in [0, 0.05) is 38.4 Å². The second kappa shape index (κ2) is 6.59. The van der Waals surface area contributed by atoms with E-state index in [1.165, 1.54) is 17.8 Å². The lowest BCUT2D eigenvalue weighted by Crippen LogP contribution is -2.46. The number of hydrogen-bond acceptors (Lipinski definition) is 3. The Labute approximate surface area is 130 Å². The molecule has 0 aromatic heterocycles. The van der Waals surface area contributed by atoms with Gasteiger partial charge in [-0.15, -0.1) is 0 Å². The van der Waals surface area contributed by atoms with E-state index < -0.39 is 0 Å². The summed E-state index contributed by atoms with van der Waals surface area (Å²) in [5.41, 5.74) is 2.58. The van der Waals surface area contributed by atoms with Gasteiger partial charge in [-0.1, -0.05) is 18.2 Å². The van der Waals surface area contributed by atoms with Gasteiger partial charge < -0.3 is 4.90 Å². The highest BCUT2D eigenvalue weighted by molar-refractivity contribution is 5.46. The van der Waals surface area contributed by atoms with E-state index in [2.05, 4.69) is 28.0 Å². The minimum Gasteiger partial charge on any atom is -0.369 e. The highest BCUT2D eigenvalue weighted by Gasteiger charge is 2.18. The van der Waals surface area contributed by atoms with Crippen LogP contribution in [-0.4, -0.2) is 31.1 Å². The predicted octanol–water partition coefficient (Wildman–Crippen LogP) is 3.02. The Morgan fingerprint density at radius 3 is 2.41 bits per heavy atom. The third-order valence-electron chi connectivity index (χ3n) is 4.08. The van der Waals surface area contributed by atoms with Crippen molar-refractivity contribution >= 4 is 5.69 Å². The Morgan fingerprint density at radius 2 is 1.73 bits per heavy atom. The van der Waals surface area contributed by atoms with Crippen LogP contribution in [0.1, 0.15) is 11.1 Å². The van der Waals surface area contributed by atoms with Crippen LogP contribution < -0.4 is 4.90 Å². The van der Waals surface area contributed by atoms with E-state index in [0.717, 1.165) is 31.7 Å². The summed E-state index contributed by atoms with van der Waals surface area (Å²) in [6.45, 7) is 4.35. The van der Waals surface area contributed by atoms with Crippen molar-refractivity contribution in [3.63, 3.8) is 0 Å². The Bertz CT molecular complexity index is 670. The molecular weight excluding hydrogens is 277 g/mol. The van der Waals surface area contributed by atoms with E-state index in [0.29, 0.717) is 12.1 Å². The van der Waals surface area contributed by atoms with Gasteiger partial charge in [0.25, 0.3) is 0 Å². The molecule has 1 aliphatic rings. The first-order chi connectivity index (χ1) is 10.8. The molecule has 22 heavy (non-hydrogen) atoms. The zero-order valence-electron chi connectivity index (χ0n) is 12.4. The SMILES string of the molecule is N#Cc1ccc(F)cc1CN1CCN(c2ccccc2)CC1. The van der Waals surface area contributed by atoms with E-state index in [4.69, 9.17) is 5.26 Å². The van der Waals surface area contributed by atoms with Crippen LogP contribution in [0.4, 0.5) is 10.1 Å². The summed E-state index contributed by atoms with van der Waals surface area (Å²) < 4.78 is 13.4. The highest BCUT2D eigenvalue weighted by atomic mass is 19.1. The summed E-state index contributed by atoms with van der Waals surface area (Å²) in [4.78, 5) is 4.63. The molecule has 0 unspecified atom stereocenters. The van der Waals surface area contributed by atoms with Crippen LogP contribution in [0, 0.1) is 17.1 Å². The maximum absolute atomic E-state index is 13.4. The summed E-state index contributed by atoms with van der Waals surface area (Å²) in [6, 6.07) is 16.9. The van der Waals surface area contributed by atoms with Crippen molar-refractivity contribution in [3.8, 4) is 6.07 Å². The number of benzene rings is 2. The number of halogens is 1. The van der Waals surface area contributed by atoms with Crippen LogP contribution >= 0.6 is 0 Å². The number of rotatable bonds is 3. The van der Waals surface area contributed by atoms with Gasteiger partial charge in [-0.2, -0.15) is 5.26 Å². The van der Waals surface area contributed by atoms with E-state index in [1.54, 1.807) is 6.07 Å². The molecule has 1 saturated heterocycles. The zero-order valence-corrected chi connectivity index (χ0v) is 12.4. The maximum Gasteiger partial charge on any atom is 0.123 e. The molecule has 1 heterocycles. The standard InChI is InChI=1S/C18H18FN3/c19-17-7-6-15(13-20)16(12-17)14-21-8-10-22(11-9-21)18-4-2-1-3-5-18/h1-7,12H,8-11,14H2. The van der Waals surface area contributed by atoms with Crippen molar-refractivity contribution in [2.45, 2.75) is 6.54 Å². The molecule has 0 aliphatic carbocycles. The topological polar surface area (TPSA) is 30.3 Å². The maximum atomic E-state index is 13.4. The van der Waals surface area contributed by atoms with Gasteiger partial charge in [0.05, 0.1) is 11.6 Å². The van der Waals surface area contributed by atoms with E-state index >= 15 is 0 Å². The molecule has 0 N–H and O–H groups in total. The third kappa shape index (κ3) is 3.26. The highest BCUT2D eigenvalue weighted by Crippen LogP contribution is 2.18. The van der Waals surface area contributed by atoms with Crippen LogP contribution in [0.25, 0.3) is 0 Å². The Balaban J connectivity index is 1.63. The average molecular weight is 295 g/mol. The molecule has 0 radical (unpaired) electrons. The van der Waals surface area contributed by atoms with E-state index in [1.807, 2.05) is 18.2 Å². The van der Waals surface area contributed by atoms with Crippen LogP contribution in [0.3, 0.4) is 0 Å². The number of nitriles is 1. The monoisotopic (exact) mass is 295 g/mol. The molecule has 112 valence electrons. The number of para-hydroxylation sites is 1. The first-order valence-electron chi connectivity index (χ1n) is 7.47. The van der Waals surface area contributed by atoms with Gasteiger partial charge in [0.15, 0.2) is 0 Å². The predicted molar refractivity (Wildman–Crippen MR) is 85.0 cm³/mol. The molecule has 1 aliphatic heterocycles. The normalized spacial score (nSPS) is 15.5. The molecule has 3 rings (SSSR count). The number of hydrogen-bond donors (Lipinski definition) is 0. The van der Waals surface area contributed by atoms with Gasteiger partial charge in [0.1, 0.15) is 5.82 Å². The van der Waals surface area contributed by atoms with Crippen molar-refractivity contribution in [2.24, 2.45) is 0 Å². The van der Waals surface area contributed by atoms with Crippen molar-refractivity contribution < 1.29 is 4.39 Å². The summed E-state index contributed by atoms with van der Waals surface area (Å²) >= 11 is 0. The summed E-state index contributed by atoms with van der Waals surface area (Å²) in [7, 11) is 0. The van der Waals surface area contributed by atoms with Gasteiger partial charge >= 0.3 is 0 Å². The quantitative estimate of drug-likeness (QED) is 0.872. The molecule has 4 heteroatoms. The summed E-state index contributed by atoms with van der Waals surface area (Å²) in [6.07, 6.45) is 0. The molecule has 0 saturated carbocycles. The zero-order chi connectivity index (χ0) is 15.4. The van der Waals surface area contributed by atoms with Crippen molar-refractivity contribution in [1.29, 1.82) is 5.26 Å². The lowest BCUT2D eigenvalue weighted by molar-refractivity contribution is 0.249. The van der Waals surface area contributed by atoms with Gasteiger partial charge in [0.2, 0.25) is 0 Å². The Kier molecular flexibility index (Phi) is 4.36. The molecule has 0 amide bonds. The summed E-state index contributed by atoms with van der Waals surface area (Å²) in [5, 5.41) is 9.13. The minimum atomic E-state index is -0.281. The fraction of sp³-hybridized carbons (Fsp3) is 0.278. The Hall–Kier alpha value is -2.38. The van der Waals surface area contributed by atoms with Gasteiger partial charge in [-0.25, -0.2) is 4.39 Å². The van der Waals surface area contributed by atoms with Crippen LogP contribution in [0.5, 0.6) is 0 Å². The van der Waals surface area contributed by atoms with Crippen molar-refractivity contribution in [2.75, 3.05) is 31.1 Å². The van der Waals surface area contributed by atoms with Crippen LogP contribution in [0.2, 0.25) is 0 Å². The molecule has 0 spiro atoms. The third-order valence-corrected chi connectivity index (χ3v) is 4.08. The molecule has 3 nitrogen and oxygen atoms in total. The first kappa shape index (κ1) is 14.6. The number of nitrogens with zero attached hydrogens (tertiary/aromatic N) is 3. The molecule has 2 aromatic carbocycles. The van der Waals surface area contributed by atoms with Crippen molar-refractivity contribution in [1.82, 2.24) is 4.90 Å². The molecule has 0 bridgehead atoms. The fourth-order valence-electron chi connectivity index (χ4n) is 2.85.